The van der Waals surface area contributed by atoms with E-state index in [1.165, 1.54) is 0 Å². The first kappa shape index (κ1) is 13.5. The number of allylic oxidation sites excluding steroid dienone is 1. The van der Waals surface area contributed by atoms with E-state index in [2.05, 4.69) is 13.5 Å². The van der Waals surface area contributed by atoms with Gasteiger partial charge in [0.2, 0.25) is 0 Å². The molecule has 0 saturated heterocycles. The first-order valence-electron chi connectivity index (χ1n) is 5.19. The Balaban J connectivity index is 3.32. The van der Waals surface area contributed by atoms with Gasteiger partial charge in [0.05, 0.1) is 0 Å². The topological polar surface area (TPSA) is 0 Å². The Labute approximate surface area is 84.2 Å². The summed E-state index contributed by atoms with van der Waals surface area (Å²) in [6.45, 7) is 5.94. The highest BCUT2D eigenvalue weighted by Gasteiger charge is 2.25. The lowest BCUT2D eigenvalue weighted by atomic mass is 10.0. The van der Waals surface area contributed by atoms with Crippen molar-refractivity contribution in [2.45, 2.75) is 58.0 Å². The zero-order valence-electron chi connectivity index (χ0n) is 8.79. The van der Waals surface area contributed by atoms with Gasteiger partial charge in [-0.25, -0.2) is 0 Å². The van der Waals surface area contributed by atoms with Crippen LogP contribution in [0.4, 0.5) is 13.2 Å². The Morgan fingerprint density at radius 1 is 1.07 bits per heavy atom. The quantitative estimate of drug-likeness (QED) is 0.414. The van der Waals surface area contributed by atoms with E-state index in [1.807, 2.05) is 0 Å². The summed E-state index contributed by atoms with van der Waals surface area (Å²) in [4.78, 5) is 0. The van der Waals surface area contributed by atoms with Crippen molar-refractivity contribution >= 4 is 0 Å². The van der Waals surface area contributed by atoms with Crippen LogP contribution in [0.3, 0.4) is 0 Å². The molecule has 0 amide bonds. The number of hydrogen-bond acceptors (Lipinski definition) is 0. The lowest BCUT2D eigenvalue weighted by Crippen LogP contribution is -2.06. The number of halogens is 3. The van der Waals surface area contributed by atoms with Crippen LogP contribution in [0.1, 0.15) is 51.9 Å². The Morgan fingerprint density at radius 3 is 2.14 bits per heavy atom. The van der Waals surface area contributed by atoms with Crippen LogP contribution >= 0.6 is 0 Å². The molecule has 0 aliphatic rings. The molecule has 0 aromatic rings. The summed E-state index contributed by atoms with van der Waals surface area (Å²) in [6.07, 6.45) is 0.105. The molecule has 0 N–H and O–H groups in total. The van der Waals surface area contributed by atoms with E-state index < -0.39 is 12.6 Å². The number of hydrogen-bond donors (Lipinski definition) is 0. The van der Waals surface area contributed by atoms with Gasteiger partial charge in [-0.3, -0.25) is 0 Å². The minimum Gasteiger partial charge on any atom is -0.171 e. The van der Waals surface area contributed by atoms with E-state index >= 15 is 0 Å². The zero-order chi connectivity index (χ0) is 11.0. The van der Waals surface area contributed by atoms with Gasteiger partial charge in [0.25, 0.3) is 0 Å². The highest BCUT2D eigenvalue weighted by molar-refractivity contribution is 4.93. The Morgan fingerprint density at radius 2 is 1.64 bits per heavy atom. The van der Waals surface area contributed by atoms with Crippen molar-refractivity contribution in [1.29, 1.82) is 0 Å². The van der Waals surface area contributed by atoms with Gasteiger partial charge >= 0.3 is 6.18 Å². The minimum absolute atomic E-state index is 0.231. The third-order valence-electron chi connectivity index (χ3n) is 2.12. The molecule has 0 radical (unpaired) electrons. The predicted molar refractivity (Wildman–Crippen MR) is 53.2 cm³/mol. The molecule has 0 aromatic carbocycles. The average Bonchev–Trinajstić information content (AvgIpc) is 2.07. The van der Waals surface area contributed by atoms with Crippen LogP contribution in [-0.2, 0) is 0 Å². The summed E-state index contributed by atoms with van der Waals surface area (Å²) < 4.78 is 35.3. The third-order valence-corrected chi connectivity index (χ3v) is 2.12. The van der Waals surface area contributed by atoms with Crippen molar-refractivity contribution in [3.8, 4) is 0 Å². The van der Waals surface area contributed by atoms with Gasteiger partial charge < -0.3 is 0 Å². The Hall–Kier alpha value is -0.470. The SMILES string of the molecule is C=C(CCCC)CCCCC(F)(F)F. The maximum Gasteiger partial charge on any atom is 0.389 e. The summed E-state index contributed by atoms with van der Waals surface area (Å²) in [5.41, 5.74) is 1.09. The van der Waals surface area contributed by atoms with E-state index in [4.69, 9.17) is 0 Å². The monoisotopic (exact) mass is 208 g/mol. The molecule has 0 aliphatic heterocycles. The molecule has 0 bridgehead atoms. The summed E-state index contributed by atoms with van der Waals surface area (Å²) in [6, 6.07) is 0. The smallest absolute Gasteiger partial charge is 0.171 e. The van der Waals surface area contributed by atoms with E-state index in [9.17, 15) is 13.2 Å². The average molecular weight is 208 g/mol. The van der Waals surface area contributed by atoms with Crippen LogP contribution in [0.5, 0.6) is 0 Å². The molecule has 14 heavy (non-hydrogen) atoms. The van der Waals surface area contributed by atoms with Crippen LogP contribution in [0.15, 0.2) is 12.2 Å². The minimum atomic E-state index is -4.00. The summed E-state index contributed by atoms with van der Waals surface area (Å²) in [5, 5.41) is 0. The fourth-order valence-corrected chi connectivity index (χ4v) is 1.25. The van der Waals surface area contributed by atoms with Gasteiger partial charge in [0.15, 0.2) is 0 Å². The van der Waals surface area contributed by atoms with Gasteiger partial charge in [-0.1, -0.05) is 25.5 Å². The number of rotatable bonds is 7. The molecule has 0 heterocycles. The van der Waals surface area contributed by atoms with Crippen molar-refractivity contribution < 1.29 is 13.2 Å². The normalized spacial score (nSPS) is 11.7. The van der Waals surface area contributed by atoms with Gasteiger partial charge in [-0.2, -0.15) is 13.2 Å². The molecule has 0 atom stereocenters. The Kier molecular flexibility index (Phi) is 6.67. The van der Waals surface area contributed by atoms with E-state index in [-0.39, 0.29) is 6.42 Å². The van der Waals surface area contributed by atoms with Crippen LogP contribution in [-0.4, -0.2) is 6.18 Å². The van der Waals surface area contributed by atoms with Crippen molar-refractivity contribution in [2.24, 2.45) is 0 Å². The van der Waals surface area contributed by atoms with Crippen molar-refractivity contribution in [2.75, 3.05) is 0 Å². The van der Waals surface area contributed by atoms with E-state index in [0.717, 1.165) is 31.3 Å². The molecule has 0 nitrogen and oxygen atoms in total. The molecular weight excluding hydrogens is 189 g/mol. The van der Waals surface area contributed by atoms with Crippen LogP contribution < -0.4 is 0 Å². The number of unbranched alkanes of at least 4 members (excludes halogenated alkanes) is 2. The molecule has 84 valence electrons. The second kappa shape index (κ2) is 6.91. The zero-order valence-corrected chi connectivity index (χ0v) is 8.79. The highest BCUT2D eigenvalue weighted by atomic mass is 19.4. The fourth-order valence-electron chi connectivity index (χ4n) is 1.25. The standard InChI is InChI=1S/C11H19F3/c1-3-4-7-10(2)8-5-6-9-11(12,13)14/h2-9H2,1H3. The second-order valence-electron chi connectivity index (χ2n) is 3.68. The maximum atomic E-state index is 11.8. The van der Waals surface area contributed by atoms with Crippen LogP contribution in [0, 0.1) is 0 Å². The lowest BCUT2D eigenvalue weighted by molar-refractivity contribution is -0.135. The predicted octanol–water partition coefficient (Wildman–Crippen LogP) is 4.86. The molecule has 0 aromatic heterocycles. The summed E-state index contributed by atoms with van der Waals surface area (Å²) in [5.74, 6) is 0. The van der Waals surface area contributed by atoms with Crippen molar-refractivity contribution in [1.82, 2.24) is 0 Å². The first-order valence-corrected chi connectivity index (χ1v) is 5.19. The molecule has 0 aliphatic carbocycles. The van der Waals surface area contributed by atoms with Crippen LogP contribution in [0.2, 0.25) is 0 Å². The first-order chi connectivity index (χ1) is 6.45. The second-order valence-corrected chi connectivity index (χ2v) is 3.68. The van der Waals surface area contributed by atoms with Gasteiger partial charge in [0.1, 0.15) is 0 Å². The molecule has 0 rings (SSSR count). The maximum absolute atomic E-state index is 11.8. The molecule has 0 unspecified atom stereocenters. The van der Waals surface area contributed by atoms with Crippen molar-refractivity contribution in [3.63, 3.8) is 0 Å². The van der Waals surface area contributed by atoms with E-state index in [0.29, 0.717) is 6.42 Å². The van der Waals surface area contributed by atoms with Gasteiger partial charge in [-0.05, 0) is 32.1 Å². The number of alkyl halides is 3. The fraction of sp³-hybridized carbons (Fsp3) is 0.818. The molecule has 3 heteroatoms. The van der Waals surface area contributed by atoms with Crippen LogP contribution in [0.25, 0.3) is 0 Å². The third kappa shape index (κ3) is 9.62. The Bertz CT molecular complexity index is 158. The van der Waals surface area contributed by atoms with E-state index in [1.54, 1.807) is 0 Å². The molecule has 0 fully saturated rings. The molecular formula is C11H19F3. The molecule has 0 spiro atoms. The summed E-state index contributed by atoms with van der Waals surface area (Å²) >= 11 is 0. The molecule has 0 saturated carbocycles. The van der Waals surface area contributed by atoms with Gasteiger partial charge in [-0.15, -0.1) is 0 Å². The summed E-state index contributed by atoms with van der Waals surface area (Å²) in [7, 11) is 0. The van der Waals surface area contributed by atoms with Crippen molar-refractivity contribution in [3.05, 3.63) is 12.2 Å². The largest absolute Gasteiger partial charge is 0.389 e. The van der Waals surface area contributed by atoms with Gasteiger partial charge in [0, 0.05) is 6.42 Å². The highest BCUT2D eigenvalue weighted by Crippen LogP contribution is 2.23. The lowest BCUT2D eigenvalue weighted by Gasteiger charge is -2.07.